The molecule has 4 amide bonds. The van der Waals surface area contributed by atoms with E-state index in [1.807, 2.05) is 12.1 Å². The van der Waals surface area contributed by atoms with E-state index in [1.54, 1.807) is 36.9 Å². The number of benzene rings is 2. The Morgan fingerprint density at radius 3 is 1.38 bits per heavy atom. The van der Waals surface area contributed by atoms with Gasteiger partial charge in [-0.05, 0) is 71.8 Å². The molecule has 2 aromatic heterocycles. The summed E-state index contributed by atoms with van der Waals surface area (Å²) < 4.78 is 26.0. The molecule has 37 heavy (non-hydrogen) atoms. The van der Waals surface area contributed by atoms with E-state index in [-0.39, 0.29) is 9.79 Å². The number of urea groups is 2. The number of amides is 4. The predicted molar refractivity (Wildman–Crippen MR) is 139 cm³/mol. The number of rotatable bonds is 8. The first kappa shape index (κ1) is 25.3. The van der Waals surface area contributed by atoms with Crippen LogP contribution in [0.2, 0.25) is 0 Å². The van der Waals surface area contributed by atoms with Gasteiger partial charge in [-0.25, -0.2) is 18.0 Å². The van der Waals surface area contributed by atoms with Crippen LogP contribution < -0.4 is 21.3 Å². The fraction of sp³-hybridized carbons (Fsp3) is 0.0769. The Kier molecular flexibility index (Phi) is 8.06. The monoisotopic (exact) mass is 516 g/mol. The molecule has 4 rings (SSSR count). The van der Waals surface area contributed by atoms with Crippen molar-refractivity contribution < 1.29 is 18.0 Å². The molecule has 0 saturated carbocycles. The molecule has 4 N–H and O–H groups in total. The van der Waals surface area contributed by atoms with Crippen molar-refractivity contribution in [1.29, 1.82) is 0 Å². The van der Waals surface area contributed by atoms with Crippen LogP contribution in [0, 0.1) is 0 Å². The second kappa shape index (κ2) is 11.8. The third kappa shape index (κ3) is 7.12. The van der Waals surface area contributed by atoms with Gasteiger partial charge in [-0.1, -0.05) is 12.1 Å². The molecule has 10 nitrogen and oxygen atoms in total. The van der Waals surface area contributed by atoms with E-state index >= 15 is 0 Å². The molecule has 0 spiro atoms. The van der Waals surface area contributed by atoms with Crippen molar-refractivity contribution in [2.24, 2.45) is 0 Å². The number of carbonyl (C=O) groups excluding carboxylic acids is 2. The Labute approximate surface area is 214 Å². The predicted octanol–water partition coefficient (Wildman–Crippen LogP) is 3.95. The van der Waals surface area contributed by atoms with Gasteiger partial charge in [0.1, 0.15) is 0 Å². The van der Waals surface area contributed by atoms with Gasteiger partial charge in [0.25, 0.3) is 0 Å². The minimum atomic E-state index is -3.79. The molecular formula is C26H24N6O4S. The lowest BCUT2D eigenvalue weighted by molar-refractivity contribution is 0.251. The summed E-state index contributed by atoms with van der Waals surface area (Å²) in [5.41, 5.74) is 2.59. The van der Waals surface area contributed by atoms with Crippen LogP contribution in [-0.2, 0) is 22.9 Å². The first-order chi connectivity index (χ1) is 17.9. The Morgan fingerprint density at radius 1 is 0.622 bits per heavy atom. The summed E-state index contributed by atoms with van der Waals surface area (Å²) in [6.07, 6.45) is 6.60. The molecule has 0 aliphatic carbocycles. The van der Waals surface area contributed by atoms with Gasteiger partial charge in [0, 0.05) is 49.3 Å². The Bertz CT molecular complexity index is 1340. The molecule has 2 heterocycles. The highest BCUT2D eigenvalue weighted by molar-refractivity contribution is 7.91. The number of nitrogens with one attached hydrogen (secondary N) is 4. The Hall–Kier alpha value is -4.77. The molecule has 4 aromatic rings. The van der Waals surface area contributed by atoms with Crippen LogP contribution in [-0.4, -0.2) is 30.4 Å². The van der Waals surface area contributed by atoms with Crippen molar-refractivity contribution in [3.8, 4) is 0 Å². The molecule has 0 aliphatic rings. The van der Waals surface area contributed by atoms with E-state index in [0.29, 0.717) is 24.5 Å². The summed E-state index contributed by atoms with van der Waals surface area (Å²) in [7, 11) is -3.79. The molecule has 0 saturated heterocycles. The number of aromatic nitrogens is 2. The molecular weight excluding hydrogens is 492 g/mol. The summed E-state index contributed by atoms with van der Waals surface area (Å²) in [6, 6.07) is 18.1. The van der Waals surface area contributed by atoms with Crippen molar-refractivity contribution >= 4 is 33.3 Å². The average molecular weight is 517 g/mol. The van der Waals surface area contributed by atoms with Gasteiger partial charge in [-0.3, -0.25) is 9.97 Å². The molecule has 0 unspecified atom stereocenters. The van der Waals surface area contributed by atoms with Crippen LogP contribution in [0.15, 0.2) is 107 Å². The highest BCUT2D eigenvalue weighted by Gasteiger charge is 2.18. The van der Waals surface area contributed by atoms with Crippen molar-refractivity contribution in [3.63, 3.8) is 0 Å². The molecule has 188 valence electrons. The number of hydrogen-bond donors (Lipinski definition) is 4. The van der Waals surface area contributed by atoms with Gasteiger partial charge in [0.05, 0.1) is 9.79 Å². The van der Waals surface area contributed by atoms with Crippen molar-refractivity contribution in [1.82, 2.24) is 20.6 Å². The third-order valence-corrected chi connectivity index (χ3v) is 6.98. The van der Waals surface area contributed by atoms with Crippen LogP contribution in [0.25, 0.3) is 0 Å². The van der Waals surface area contributed by atoms with E-state index in [1.165, 1.54) is 48.5 Å². The summed E-state index contributed by atoms with van der Waals surface area (Å²) >= 11 is 0. The SMILES string of the molecule is O=C(NCc1cccnc1)Nc1ccc(S(=O)(=O)c2ccc(NC(=O)NCc3cccnc3)cc2)cc1. The number of carbonyl (C=O) groups is 2. The van der Waals surface area contributed by atoms with Crippen LogP contribution in [0.3, 0.4) is 0 Å². The first-order valence-electron chi connectivity index (χ1n) is 11.2. The third-order valence-electron chi connectivity index (χ3n) is 5.20. The Morgan fingerprint density at radius 2 is 1.03 bits per heavy atom. The first-order valence-corrected chi connectivity index (χ1v) is 12.7. The van der Waals surface area contributed by atoms with E-state index in [9.17, 15) is 18.0 Å². The minimum absolute atomic E-state index is 0.0729. The van der Waals surface area contributed by atoms with Gasteiger partial charge < -0.3 is 21.3 Å². The van der Waals surface area contributed by atoms with Crippen LogP contribution in [0.1, 0.15) is 11.1 Å². The van der Waals surface area contributed by atoms with Crippen molar-refractivity contribution in [2.45, 2.75) is 22.9 Å². The molecule has 0 aliphatic heterocycles. The topological polar surface area (TPSA) is 142 Å². The van der Waals surface area contributed by atoms with Crippen molar-refractivity contribution in [3.05, 3.63) is 109 Å². The second-order valence-corrected chi connectivity index (χ2v) is 9.84. The number of hydrogen-bond acceptors (Lipinski definition) is 6. The fourth-order valence-corrected chi connectivity index (χ4v) is 4.55. The fourth-order valence-electron chi connectivity index (χ4n) is 3.29. The lowest BCUT2D eigenvalue weighted by Gasteiger charge is -2.10. The molecule has 0 radical (unpaired) electrons. The number of anilines is 2. The van der Waals surface area contributed by atoms with Crippen molar-refractivity contribution in [2.75, 3.05) is 10.6 Å². The van der Waals surface area contributed by atoms with E-state index in [4.69, 9.17) is 0 Å². The van der Waals surface area contributed by atoms with Crippen LogP contribution >= 0.6 is 0 Å². The smallest absolute Gasteiger partial charge is 0.319 e. The molecule has 0 fully saturated rings. The Balaban J connectivity index is 1.31. The maximum atomic E-state index is 13.0. The van der Waals surface area contributed by atoms with E-state index < -0.39 is 21.9 Å². The lowest BCUT2D eigenvalue weighted by Crippen LogP contribution is -2.28. The van der Waals surface area contributed by atoms with Gasteiger partial charge in [-0.2, -0.15) is 0 Å². The summed E-state index contributed by atoms with van der Waals surface area (Å²) in [6.45, 7) is 0.617. The largest absolute Gasteiger partial charge is 0.334 e. The number of nitrogens with zero attached hydrogens (tertiary/aromatic N) is 2. The summed E-state index contributed by atoms with van der Waals surface area (Å²) in [4.78, 5) is 32.3. The highest BCUT2D eigenvalue weighted by atomic mass is 32.2. The molecule has 11 heteroatoms. The van der Waals surface area contributed by atoms with Gasteiger partial charge >= 0.3 is 12.1 Å². The molecule has 0 bridgehead atoms. The normalized spacial score (nSPS) is 10.8. The highest BCUT2D eigenvalue weighted by Crippen LogP contribution is 2.23. The summed E-state index contributed by atoms with van der Waals surface area (Å²) in [5.74, 6) is 0. The van der Waals surface area contributed by atoms with Crippen LogP contribution in [0.5, 0.6) is 0 Å². The average Bonchev–Trinajstić information content (AvgIpc) is 2.92. The zero-order valence-corrected chi connectivity index (χ0v) is 20.4. The van der Waals surface area contributed by atoms with Gasteiger partial charge in [0.2, 0.25) is 9.84 Å². The van der Waals surface area contributed by atoms with E-state index in [0.717, 1.165) is 11.1 Å². The maximum Gasteiger partial charge on any atom is 0.319 e. The minimum Gasteiger partial charge on any atom is -0.334 e. The number of pyridine rings is 2. The molecule has 0 atom stereocenters. The van der Waals surface area contributed by atoms with Gasteiger partial charge in [0.15, 0.2) is 0 Å². The zero-order chi connectivity index (χ0) is 26.1. The summed E-state index contributed by atoms with van der Waals surface area (Å²) in [5, 5.41) is 10.7. The standard InChI is InChI=1S/C26H24N6O4S/c33-25(29-17-19-3-1-13-27-15-19)31-21-5-9-23(10-6-21)37(35,36)24-11-7-22(8-12-24)32-26(34)30-18-20-4-2-14-28-16-20/h1-16H,17-18H2,(H2,29,31,33)(H2,30,32,34). The zero-order valence-electron chi connectivity index (χ0n) is 19.6. The lowest BCUT2D eigenvalue weighted by atomic mass is 10.3. The maximum absolute atomic E-state index is 13.0. The number of sulfone groups is 1. The van der Waals surface area contributed by atoms with Gasteiger partial charge in [-0.15, -0.1) is 0 Å². The molecule has 2 aromatic carbocycles. The second-order valence-electron chi connectivity index (χ2n) is 7.89. The van der Waals surface area contributed by atoms with Crippen LogP contribution in [0.4, 0.5) is 21.0 Å². The van der Waals surface area contributed by atoms with E-state index in [2.05, 4.69) is 31.2 Å². The quantitative estimate of drug-likeness (QED) is 0.279.